The first-order valence-electron chi connectivity index (χ1n) is 7.21. The summed E-state index contributed by atoms with van der Waals surface area (Å²) in [5.74, 6) is 0. The zero-order chi connectivity index (χ0) is 18.5. The molecular weight excluding hydrogens is 513 g/mol. The van der Waals surface area contributed by atoms with Crippen LogP contribution in [0.5, 0.6) is 0 Å². The summed E-state index contributed by atoms with van der Waals surface area (Å²) < 4.78 is 9.84. The summed E-state index contributed by atoms with van der Waals surface area (Å²) in [5, 5.41) is 2.27. The van der Waals surface area contributed by atoms with E-state index in [-0.39, 0.29) is 0 Å². The Balaban J connectivity index is 1.57. The van der Waals surface area contributed by atoms with Gasteiger partial charge in [-0.3, -0.25) is 0 Å². The number of hydrogen-bond donors (Lipinski definition) is 0. The summed E-state index contributed by atoms with van der Waals surface area (Å²) in [6, 6.07) is 0. The van der Waals surface area contributed by atoms with E-state index >= 15 is 0 Å². The van der Waals surface area contributed by atoms with Crippen LogP contribution in [-0.4, -0.2) is 25.0 Å². The Labute approximate surface area is 198 Å². The van der Waals surface area contributed by atoms with E-state index in [2.05, 4.69) is 48.7 Å². The largest absolute Gasteiger partial charge is 0.121 e. The molecule has 26 heavy (non-hydrogen) atoms. The van der Waals surface area contributed by atoms with Crippen LogP contribution in [0.25, 0.3) is 0 Å². The van der Waals surface area contributed by atoms with Gasteiger partial charge in [0.25, 0.3) is 0 Å². The summed E-state index contributed by atoms with van der Waals surface area (Å²) in [6.07, 6.45) is 15.5. The van der Waals surface area contributed by atoms with Crippen LogP contribution in [-0.2, 0) is 0 Å². The average molecular weight is 529 g/mol. The lowest BCUT2D eigenvalue weighted by molar-refractivity contribution is 2.00. The molecule has 0 saturated carbocycles. The highest BCUT2D eigenvalue weighted by molar-refractivity contribution is 8.41. The summed E-state index contributed by atoms with van der Waals surface area (Å²) in [5.41, 5.74) is 0. The molecule has 0 radical (unpaired) electrons. The van der Waals surface area contributed by atoms with Crippen molar-refractivity contribution in [2.45, 2.75) is 0 Å². The maximum atomic E-state index is 2.33. The van der Waals surface area contributed by atoms with Gasteiger partial charge in [0.15, 0.2) is 0 Å². The van der Waals surface area contributed by atoms with E-state index in [1.165, 1.54) is 34.6 Å². The van der Waals surface area contributed by atoms with E-state index in [1.807, 2.05) is 118 Å². The molecule has 3 heterocycles. The Bertz CT molecular complexity index is 717. The van der Waals surface area contributed by atoms with E-state index in [0.717, 1.165) is 0 Å². The molecular formula is C16H16S10. The van der Waals surface area contributed by atoms with Gasteiger partial charge in [-0.15, -0.1) is 47.0 Å². The van der Waals surface area contributed by atoms with Gasteiger partial charge in [-0.1, -0.05) is 70.6 Å². The topological polar surface area (TPSA) is 0 Å². The van der Waals surface area contributed by atoms with Gasteiger partial charge in [0.1, 0.15) is 0 Å². The number of hydrogen-bond acceptors (Lipinski definition) is 10. The molecule has 0 N–H and O–H groups in total. The first-order valence-corrected chi connectivity index (χ1v) is 17.1. The molecule has 3 aliphatic rings. The predicted molar refractivity (Wildman–Crippen MR) is 146 cm³/mol. The van der Waals surface area contributed by atoms with Gasteiger partial charge in [-0.05, 0) is 48.7 Å². The molecule has 0 saturated heterocycles. The fourth-order valence-corrected chi connectivity index (χ4v) is 13.7. The Hall–Kier alpha value is 1.94. The molecule has 0 aromatic heterocycles. The standard InChI is InChI=1S/C16H16S10/c1-17-13-14(18-2)24-11(23-13)6-5-10-21-8-9(22-10)7-12-25-15(19-3)16(20-4)26-12/h5-8H,1-4H3/b10-5-. The van der Waals surface area contributed by atoms with Crippen molar-refractivity contribution in [2.24, 2.45) is 0 Å². The maximum Gasteiger partial charge on any atom is 0.0657 e. The normalized spacial score (nSPS) is 22.2. The van der Waals surface area contributed by atoms with Crippen molar-refractivity contribution >= 4 is 118 Å². The van der Waals surface area contributed by atoms with Crippen LogP contribution in [0.15, 0.2) is 58.2 Å². The SMILES string of the molecule is CSC1=C(SC)SC(=C/C=C2/SC=C(C=C3SC(SC)=C(SC)S3)S2)S1. The third-order valence-corrected chi connectivity index (χ3v) is 15.4. The van der Waals surface area contributed by atoms with E-state index in [0.29, 0.717) is 0 Å². The van der Waals surface area contributed by atoms with E-state index in [1.54, 1.807) is 0 Å². The predicted octanol–water partition coefficient (Wildman–Crippen LogP) is 9.50. The molecule has 0 aliphatic carbocycles. The van der Waals surface area contributed by atoms with Crippen molar-refractivity contribution in [3.05, 3.63) is 58.2 Å². The van der Waals surface area contributed by atoms with Crippen molar-refractivity contribution in [2.75, 3.05) is 25.0 Å². The Morgan fingerprint density at radius 3 is 1.58 bits per heavy atom. The lowest BCUT2D eigenvalue weighted by atomic mass is 10.6. The average Bonchev–Trinajstić information content (AvgIpc) is 3.37. The first kappa shape index (κ1) is 22.6. The van der Waals surface area contributed by atoms with Crippen molar-refractivity contribution in [1.82, 2.24) is 0 Å². The second-order valence-electron chi connectivity index (χ2n) is 4.55. The molecule has 0 unspecified atom stereocenters. The second kappa shape index (κ2) is 11.4. The Morgan fingerprint density at radius 2 is 1.08 bits per heavy atom. The second-order valence-corrected chi connectivity index (χ2v) is 15.9. The summed E-state index contributed by atoms with van der Waals surface area (Å²) in [7, 11) is 0. The molecule has 0 spiro atoms. The van der Waals surface area contributed by atoms with E-state index < -0.39 is 0 Å². The highest BCUT2D eigenvalue weighted by atomic mass is 32.3. The molecule has 3 aliphatic heterocycles. The van der Waals surface area contributed by atoms with E-state index in [4.69, 9.17) is 0 Å². The zero-order valence-corrected chi connectivity index (χ0v) is 22.6. The molecule has 0 fully saturated rings. The van der Waals surface area contributed by atoms with Gasteiger partial charge in [-0.25, -0.2) is 0 Å². The van der Waals surface area contributed by atoms with Gasteiger partial charge in [0, 0.05) is 9.14 Å². The molecule has 0 bridgehead atoms. The molecule has 10 heteroatoms. The third kappa shape index (κ3) is 5.98. The minimum Gasteiger partial charge on any atom is -0.121 e. The van der Waals surface area contributed by atoms with Gasteiger partial charge < -0.3 is 0 Å². The van der Waals surface area contributed by atoms with Crippen LogP contribution in [0.4, 0.5) is 0 Å². The lowest BCUT2D eigenvalue weighted by Gasteiger charge is -1.98. The molecule has 0 aromatic rings. The van der Waals surface area contributed by atoms with Crippen molar-refractivity contribution < 1.29 is 0 Å². The van der Waals surface area contributed by atoms with Crippen molar-refractivity contribution in [1.29, 1.82) is 0 Å². The van der Waals surface area contributed by atoms with Gasteiger partial charge in [0.2, 0.25) is 0 Å². The van der Waals surface area contributed by atoms with Crippen LogP contribution in [0.2, 0.25) is 0 Å². The van der Waals surface area contributed by atoms with E-state index in [9.17, 15) is 0 Å². The molecule has 3 rings (SSSR count). The zero-order valence-electron chi connectivity index (χ0n) is 14.4. The highest BCUT2D eigenvalue weighted by Crippen LogP contribution is 2.58. The summed E-state index contributed by atoms with van der Waals surface area (Å²) in [4.78, 5) is 1.34. The lowest BCUT2D eigenvalue weighted by Crippen LogP contribution is -1.67. The molecule has 0 amide bonds. The van der Waals surface area contributed by atoms with Crippen LogP contribution >= 0.6 is 118 Å². The monoisotopic (exact) mass is 528 g/mol. The molecule has 0 atom stereocenters. The van der Waals surface area contributed by atoms with Gasteiger partial charge in [-0.2, -0.15) is 0 Å². The smallest absolute Gasteiger partial charge is 0.0657 e. The Kier molecular flexibility index (Phi) is 9.89. The third-order valence-electron chi connectivity index (χ3n) is 2.97. The van der Waals surface area contributed by atoms with Crippen LogP contribution in [0.3, 0.4) is 0 Å². The number of thioether (sulfide) groups is 10. The highest BCUT2D eigenvalue weighted by Gasteiger charge is 2.22. The van der Waals surface area contributed by atoms with Crippen LogP contribution in [0, 0.1) is 0 Å². The minimum absolute atomic E-state index is 1.34. The van der Waals surface area contributed by atoms with Gasteiger partial charge in [0.05, 0.1) is 25.4 Å². The number of rotatable bonds is 6. The number of allylic oxidation sites excluding steroid dienone is 3. The summed E-state index contributed by atoms with van der Waals surface area (Å²) in [6.45, 7) is 0. The van der Waals surface area contributed by atoms with Crippen molar-refractivity contribution in [3.63, 3.8) is 0 Å². The van der Waals surface area contributed by atoms with Crippen LogP contribution < -0.4 is 0 Å². The summed E-state index contributed by atoms with van der Waals surface area (Å²) >= 11 is 18.7. The molecule has 140 valence electrons. The maximum absolute atomic E-state index is 2.33. The molecule has 0 nitrogen and oxygen atoms in total. The molecule has 0 aromatic carbocycles. The minimum atomic E-state index is 1.34. The quantitative estimate of drug-likeness (QED) is 0.325. The fraction of sp³-hybridized carbons (Fsp3) is 0.250. The van der Waals surface area contributed by atoms with Crippen LogP contribution in [0.1, 0.15) is 0 Å². The van der Waals surface area contributed by atoms with Crippen molar-refractivity contribution in [3.8, 4) is 0 Å². The van der Waals surface area contributed by atoms with Gasteiger partial charge >= 0.3 is 0 Å². The Morgan fingerprint density at radius 1 is 0.615 bits per heavy atom. The fourth-order valence-electron chi connectivity index (χ4n) is 1.87. The first-order chi connectivity index (χ1) is 12.7.